The van der Waals surface area contributed by atoms with Crippen LogP contribution in [-0.2, 0) is 0 Å². The molecule has 1 aliphatic rings. The van der Waals surface area contributed by atoms with Crippen molar-refractivity contribution in [1.82, 2.24) is 4.98 Å². The molecule has 0 atom stereocenters. The molecule has 1 heterocycles. The Morgan fingerprint density at radius 3 is 2.48 bits per heavy atom. The van der Waals surface area contributed by atoms with Crippen LogP contribution in [0, 0.1) is 10.1 Å². The largest absolute Gasteiger partial charge is 0.370 e. The van der Waals surface area contributed by atoms with Gasteiger partial charge >= 0.3 is 0 Å². The van der Waals surface area contributed by atoms with Gasteiger partial charge in [-0.05, 0) is 26.0 Å². The maximum Gasteiger partial charge on any atom is 0.276 e. The Hall–Kier alpha value is -1.50. The summed E-state index contributed by atoms with van der Waals surface area (Å²) in [5, 5.41) is 17.3. The zero-order chi connectivity index (χ0) is 15.3. The molecule has 1 aliphatic carbocycles. The lowest BCUT2D eigenvalue weighted by Crippen LogP contribution is -2.30. The predicted molar refractivity (Wildman–Crippen MR) is 88.3 cm³/mol. The molecule has 1 saturated carbocycles. The fraction of sp³-hybridized carbons (Fsp3) is 0.643. The molecule has 0 saturated heterocycles. The summed E-state index contributed by atoms with van der Waals surface area (Å²) in [4.78, 5) is 15.0. The van der Waals surface area contributed by atoms with Crippen molar-refractivity contribution in [1.29, 1.82) is 0 Å². The Kier molecular flexibility index (Phi) is 5.27. The summed E-state index contributed by atoms with van der Waals surface area (Å²) in [6.07, 6.45) is 7.03. The molecule has 116 valence electrons. The molecule has 7 heteroatoms. The van der Waals surface area contributed by atoms with Crippen LogP contribution in [0.1, 0.15) is 32.6 Å². The van der Waals surface area contributed by atoms with Gasteiger partial charge in [0.05, 0.1) is 17.1 Å². The second-order valence-electron chi connectivity index (χ2n) is 5.33. The van der Waals surface area contributed by atoms with Gasteiger partial charge in [0.2, 0.25) is 0 Å². The van der Waals surface area contributed by atoms with Gasteiger partial charge in [-0.15, -0.1) is 0 Å². The quantitative estimate of drug-likeness (QED) is 0.592. The molecule has 0 aromatic carbocycles. The lowest BCUT2D eigenvalue weighted by molar-refractivity contribution is -0.384. The van der Waals surface area contributed by atoms with E-state index >= 15 is 0 Å². The van der Waals surface area contributed by atoms with Crippen molar-refractivity contribution in [3.8, 4) is 0 Å². The number of anilines is 2. The first-order valence-electron chi connectivity index (χ1n) is 7.28. The van der Waals surface area contributed by atoms with Gasteiger partial charge in [0.1, 0.15) is 11.6 Å². The topological polar surface area (TPSA) is 80.1 Å². The molecule has 21 heavy (non-hydrogen) atoms. The zero-order valence-electron chi connectivity index (χ0n) is 12.5. The van der Waals surface area contributed by atoms with Gasteiger partial charge in [-0.25, -0.2) is 4.98 Å². The highest BCUT2D eigenvalue weighted by atomic mass is 32.2. The minimum atomic E-state index is -0.381. The number of rotatable bonds is 7. The minimum absolute atomic E-state index is 0.0630. The van der Waals surface area contributed by atoms with E-state index in [4.69, 9.17) is 0 Å². The minimum Gasteiger partial charge on any atom is -0.370 e. The van der Waals surface area contributed by atoms with Crippen molar-refractivity contribution < 1.29 is 4.92 Å². The van der Waals surface area contributed by atoms with E-state index in [-0.39, 0.29) is 15.4 Å². The fourth-order valence-electron chi connectivity index (χ4n) is 2.71. The van der Waals surface area contributed by atoms with Gasteiger partial charge < -0.3 is 10.6 Å². The van der Waals surface area contributed by atoms with Crippen LogP contribution in [0.15, 0.2) is 12.1 Å². The third kappa shape index (κ3) is 4.00. The van der Waals surface area contributed by atoms with E-state index in [1.54, 1.807) is 0 Å². The third-order valence-corrected chi connectivity index (χ3v) is 5.34. The summed E-state index contributed by atoms with van der Waals surface area (Å²) in [6, 6.07) is 2.97. The summed E-state index contributed by atoms with van der Waals surface area (Å²) in [5.74, 6) is 1.11. The van der Waals surface area contributed by atoms with E-state index < -0.39 is 0 Å². The van der Waals surface area contributed by atoms with Crippen molar-refractivity contribution in [3.63, 3.8) is 0 Å². The first-order valence-corrected chi connectivity index (χ1v) is 8.50. The van der Waals surface area contributed by atoms with Crippen LogP contribution in [0.4, 0.5) is 17.3 Å². The first kappa shape index (κ1) is 15.9. The molecule has 0 spiro atoms. The van der Waals surface area contributed by atoms with Crippen LogP contribution in [0.2, 0.25) is 0 Å². The molecule has 0 amide bonds. The number of nitrogens with zero attached hydrogens (tertiary/aromatic N) is 2. The highest BCUT2D eigenvalue weighted by Gasteiger charge is 2.32. The lowest BCUT2D eigenvalue weighted by Gasteiger charge is -2.27. The second-order valence-corrected chi connectivity index (χ2v) is 6.61. The summed E-state index contributed by atoms with van der Waals surface area (Å²) < 4.78 is 0.241. The van der Waals surface area contributed by atoms with E-state index in [0.29, 0.717) is 18.2 Å². The molecular formula is C14H22N4O2S. The smallest absolute Gasteiger partial charge is 0.276 e. The number of thioether (sulfide) groups is 1. The molecule has 0 aliphatic heterocycles. The highest BCUT2D eigenvalue weighted by molar-refractivity contribution is 8.00. The Morgan fingerprint density at radius 2 is 1.95 bits per heavy atom. The lowest BCUT2D eigenvalue weighted by atomic mass is 10.1. The van der Waals surface area contributed by atoms with E-state index in [9.17, 15) is 10.1 Å². The number of nitrogens with one attached hydrogen (secondary N) is 2. The molecule has 1 fully saturated rings. The number of nitro groups is 1. The van der Waals surface area contributed by atoms with Crippen molar-refractivity contribution >= 4 is 29.1 Å². The van der Waals surface area contributed by atoms with Gasteiger partial charge in [-0.3, -0.25) is 10.1 Å². The third-order valence-electron chi connectivity index (χ3n) is 3.92. The van der Waals surface area contributed by atoms with E-state index in [2.05, 4.69) is 21.9 Å². The molecular weight excluding hydrogens is 288 g/mol. The molecule has 2 rings (SSSR count). The molecule has 6 nitrogen and oxygen atoms in total. The monoisotopic (exact) mass is 310 g/mol. The van der Waals surface area contributed by atoms with Crippen LogP contribution < -0.4 is 10.6 Å². The van der Waals surface area contributed by atoms with Crippen molar-refractivity contribution in [2.45, 2.75) is 37.4 Å². The SMILES string of the molecule is CCNc1cc([N+](=O)[O-])cc(NCC2(SC)CCCC2)n1. The van der Waals surface area contributed by atoms with Crippen LogP contribution in [0.3, 0.4) is 0 Å². The van der Waals surface area contributed by atoms with Crippen LogP contribution >= 0.6 is 11.8 Å². The average Bonchev–Trinajstić information content (AvgIpc) is 2.95. The molecule has 0 bridgehead atoms. The maximum absolute atomic E-state index is 11.0. The van der Waals surface area contributed by atoms with Gasteiger partial charge in [-0.1, -0.05) is 12.8 Å². The number of hydrogen-bond donors (Lipinski definition) is 2. The van der Waals surface area contributed by atoms with E-state index in [0.717, 1.165) is 6.54 Å². The first-order chi connectivity index (χ1) is 10.1. The molecule has 0 unspecified atom stereocenters. The van der Waals surface area contributed by atoms with Gasteiger partial charge in [-0.2, -0.15) is 11.8 Å². The Labute approximate surface area is 129 Å². The van der Waals surface area contributed by atoms with Gasteiger partial charge in [0, 0.05) is 17.8 Å². The standard InChI is InChI=1S/C14H22N4O2S/c1-3-15-12-8-11(18(19)20)9-13(17-12)16-10-14(21-2)6-4-5-7-14/h8-9H,3-7,10H2,1-2H3,(H2,15,16,17). The zero-order valence-corrected chi connectivity index (χ0v) is 13.3. The average molecular weight is 310 g/mol. The summed E-state index contributed by atoms with van der Waals surface area (Å²) in [5.41, 5.74) is 0.0630. The van der Waals surface area contributed by atoms with Gasteiger partial charge in [0.15, 0.2) is 0 Å². The summed E-state index contributed by atoms with van der Waals surface area (Å²) >= 11 is 1.88. The summed E-state index contributed by atoms with van der Waals surface area (Å²) in [6.45, 7) is 3.42. The van der Waals surface area contributed by atoms with E-state index in [1.165, 1.54) is 37.8 Å². The number of aromatic nitrogens is 1. The maximum atomic E-state index is 11.0. The van der Waals surface area contributed by atoms with Crippen LogP contribution in [0.25, 0.3) is 0 Å². The van der Waals surface area contributed by atoms with Crippen LogP contribution in [-0.4, -0.2) is 34.0 Å². The normalized spacial score (nSPS) is 16.7. The van der Waals surface area contributed by atoms with Crippen molar-refractivity contribution in [2.75, 3.05) is 30.0 Å². The second kappa shape index (κ2) is 6.98. The summed E-state index contributed by atoms with van der Waals surface area (Å²) in [7, 11) is 0. The highest BCUT2D eigenvalue weighted by Crippen LogP contribution is 2.40. The molecule has 0 radical (unpaired) electrons. The Balaban J connectivity index is 2.12. The Bertz CT molecular complexity index is 504. The van der Waals surface area contributed by atoms with Crippen LogP contribution in [0.5, 0.6) is 0 Å². The fourth-order valence-corrected chi connectivity index (χ4v) is 3.62. The van der Waals surface area contributed by atoms with Crippen molar-refractivity contribution in [3.05, 3.63) is 22.2 Å². The molecule has 2 N–H and O–H groups in total. The van der Waals surface area contributed by atoms with E-state index in [1.807, 2.05) is 18.7 Å². The van der Waals surface area contributed by atoms with Crippen molar-refractivity contribution in [2.24, 2.45) is 0 Å². The predicted octanol–water partition coefficient (Wildman–Crippen LogP) is 3.51. The number of hydrogen-bond acceptors (Lipinski definition) is 6. The molecule has 1 aromatic heterocycles. The number of pyridine rings is 1. The Morgan fingerprint density at radius 1 is 1.33 bits per heavy atom. The van der Waals surface area contributed by atoms with Gasteiger partial charge in [0.25, 0.3) is 5.69 Å². The molecule has 1 aromatic rings.